The van der Waals surface area contributed by atoms with Gasteiger partial charge in [-0.15, -0.1) is 0 Å². The van der Waals surface area contributed by atoms with Gasteiger partial charge in [-0.1, -0.05) is 6.07 Å². The molecule has 0 aliphatic carbocycles. The Morgan fingerprint density at radius 1 is 1.22 bits per heavy atom. The highest BCUT2D eigenvalue weighted by atomic mass is 16.5. The first-order valence-electron chi connectivity index (χ1n) is 6.18. The second-order valence-corrected chi connectivity index (χ2v) is 4.48. The average Bonchev–Trinajstić information content (AvgIpc) is 2.47. The fourth-order valence-electron chi connectivity index (χ4n) is 2.52. The number of nitrogens with one attached hydrogen (secondary N) is 1. The van der Waals surface area contributed by atoms with Crippen molar-refractivity contribution in [3.05, 3.63) is 59.4 Å². The Hall–Kier alpha value is -1.87. The van der Waals surface area contributed by atoms with E-state index in [9.17, 15) is 0 Å². The van der Waals surface area contributed by atoms with E-state index in [1.165, 1.54) is 16.7 Å². The van der Waals surface area contributed by atoms with Crippen LogP contribution in [0.3, 0.4) is 0 Å². The Morgan fingerprint density at radius 3 is 2.83 bits per heavy atom. The van der Waals surface area contributed by atoms with E-state index in [1.807, 2.05) is 18.5 Å². The van der Waals surface area contributed by atoms with Gasteiger partial charge < -0.3 is 10.1 Å². The zero-order chi connectivity index (χ0) is 12.4. The van der Waals surface area contributed by atoms with Crippen LogP contribution in [0.4, 0.5) is 0 Å². The second-order valence-electron chi connectivity index (χ2n) is 4.48. The fraction of sp³-hybridized carbons (Fsp3) is 0.267. The monoisotopic (exact) mass is 240 g/mol. The normalized spacial score (nSPS) is 18.2. The molecule has 18 heavy (non-hydrogen) atoms. The van der Waals surface area contributed by atoms with Gasteiger partial charge in [0.2, 0.25) is 0 Å². The molecule has 2 aromatic rings. The number of rotatable bonds is 2. The van der Waals surface area contributed by atoms with E-state index >= 15 is 0 Å². The fourth-order valence-corrected chi connectivity index (χ4v) is 2.52. The summed E-state index contributed by atoms with van der Waals surface area (Å²) in [4.78, 5) is 4.08. The van der Waals surface area contributed by atoms with Crippen LogP contribution >= 0.6 is 0 Å². The smallest absolute Gasteiger partial charge is 0.119 e. The Labute approximate surface area is 107 Å². The molecule has 1 aromatic heterocycles. The number of hydrogen-bond acceptors (Lipinski definition) is 3. The highest BCUT2D eigenvalue weighted by Gasteiger charge is 2.21. The molecule has 0 saturated heterocycles. The zero-order valence-electron chi connectivity index (χ0n) is 10.4. The lowest BCUT2D eigenvalue weighted by atomic mass is 9.90. The first-order chi connectivity index (χ1) is 8.88. The van der Waals surface area contributed by atoms with Gasteiger partial charge in [0.25, 0.3) is 0 Å². The lowest BCUT2D eigenvalue weighted by Crippen LogP contribution is -2.30. The molecule has 3 heteroatoms. The third-order valence-electron chi connectivity index (χ3n) is 3.44. The molecule has 1 aliphatic rings. The molecular formula is C15H16N2O. The Kier molecular flexibility index (Phi) is 2.99. The number of nitrogens with zero attached hydrogens (tertiary/aromatic N) is 1. The van der Waals surface area contributed by atoms with E-state index < -0.39 is 0 Å². The molecule has 0 spiro atoms. The third kappa shape index (κ3) is 1.97. The molecule has 3 rings (SSSR count). The van der Waals surface area contributed by atoms with Crippen molar-refractivity contribution in [1.29, 1.82) is 0 Å². The largest absolute Gasteiger partial charge is 0.497 e. The maximum Gasteiger partial charge on any atom is 0.119 e. The summed E-state index contributed by atoms with van der Waals surface area (Å²) in [6, 6.07) is 10.7. The average molecular weight is 240 g/mol. The van der Waals surface area contributed by atoms with Gasteiger partial charge in [0.1, 0.15) is 5.75 Å². The van der Waals surface area contributed by atoms with E-state index in [-0.39, 0.29) is 6.04 Å². The molecule has 0 fully saturated rings. The highest BCUT2D eigenvalue weighted by molar-refractivity contribution is 5.43. The molecule has 0 unspecified atom stereocenters. The first kappa shape index (κ1) is 11.2. The molecule has 0 saturated carbocycles. The molecule has 1 aromatic carbocycles. The number of methoxy groups -OCH3 is 1. The molecule has 0 radical (unpaired) electrons. The minimum Gasteiger partial charge on any atom is -0.497 e. The van der Waals surface area contributed by atoms with Gasteiger partial charge in [0, 0.05) is 18.9 Å². The Bertz CT molecular complexity index is 539. The van der Waals surface area contributed by atoms with Crippen LogP contribution in [-0.4, -0.2) is 18.6 Å². The first-order valence-corrected chi connectivity index (χ1v) is 6.18. The molecule has 0 bridgehead atoms. The standard InChI is InChI=1S/C15H16N2O/c1-18-13-2-3-14-12(10-13)6-9-17-15(14)11-4-7-16-8-5-11/h2-5,7-8,10,15,17H,6,9H2,1H3/t15-/m1/s1. The van der Waals surface area contributed by atoms with Crippen LogP contribution in [0.2, 0.25) is 0 Å². The summed E-state index contributed by atoms with van der Waals surface area (Å²) in [6.45, 7) is 0.993. The molecule has 2 heterocycles. The summed E-state index contributed by atoms with van der Waals surface area (Å²) in [5, 5.41) is 3.56. The van der Waals surface area contributed by atoms with Crippen LogP contribution in [0.25, 0.3) is 0 Å². The van der Waals surface area contributed by atoms with Gasteiger partial charge in [0.05, 0.1) is 13.2 Å². The summed E-state index contributed by atoms with van der Waals surface area (Å²) in [5.74, 6) is 0.934. The van der Waals surface area contributed by atoms with Crippen LogP contribution in [-0.2, 0) is 6.42 Å². The summed E-state index contributed by atoms with van der Waals surface area (Å²) in [5.41, 5.74) is 3.97. The van der Waals surface area contributed by atoms with Crippen molar-refractivity contribution in [2.45, 2.75) is 12.5 Å². The quantitative estimate of drug-likeness (QED) is 0.874. The maximum atomic E-state index is 5.29. The topological polar surface area (TPSA) is 34.1 Å². The lowest BCUT2D eigenvalue weighted by molar-refractivity contribution is 0.413. The number of fused-ring (bicyclic) bond motifs is 1. The lowest BCUT2D eigenvalue weighted by Gasteiger charge is -2.27. The molecular weight excluding hydrogens is 224 g/mol. The predicted octanol–water partition coefficient (Wildman–Crippen LogP) is 2.33. The van der Waals surface area contributed by atoms with Crippen LogP contribution in [0.1, 0.15) is 22.7 Å². The van der Waals surface area contributed by atoms with Crippen molar-refractivity contribution >= 4 is 0 Å². The van der Waals surface area contributed by atoms with E-state index in [1.54, 1.807) is 7.11 Å². The van der Waals surface area contributed by atoms with Gasteiger partial charge >= 0.3 is 0 Å². The SMILES string of the molecule is COc1ccc2c(c1)CCN[C@@H]2c1ccncc1. The number of hydrogen-bond donors (Lipinski definition) is 1. The van der Waals surface area contributed by atoms with Crippen molar-refractivity contribution in [2.24, 2.45) is 0 Å². The van der Waals surface area contributed by atoms with E-state index in [0.29, 0.717) is 0 Å². The van der Waals surface area contributed by atoms with Crippen molar-refractivity contribution in [2.75, 3.05) is 13.7 Å². The van der Waals surface area contributed by atoms with Crippen molar-refractivity contribution in [3.63, 3.8) is 0 Å². The maximum absolute atomic E-state index is 5.29. The molecule has 1 N–H and O–H groups in total. The van der Waals surface area contributed by atoms with Gasteiger partial charge in [0.15, 0.2) is 0 Å². The number of pyridine rings is 1. The van der Waals surface area contributed by atoms with Crippen LogP contribution in [0.15, 0.2) is 42.7 Å². The molecule has 0 amide bonds. The predicted molar refractivity (Wildman–Crippen MR) is 70.8 cm³/mol. The summed E-state index contributed by atoms with van der Waals surface area (Å²) in [7, 11) is 1.71. The Balaban J connectivity index is 2.02. The third-order valence-corrected chi connectivity index (χ3v) is 3.44. The van der Waals surface area contributed by atoms with Crippen LogP contribution < -0.4 is 10.1 Å². The van der Waals surface area contributed by atoms with Crippen LogP contribution in [0.5, 0.6) is 5.75 Å². The summed E-state index contributed by atoms with van der Waals surface area (Å²) >= 11 is 0. The number of ether oxygens (including phenoxy) is 1. The van der Waals surface area contributed by atoms with Gasteiger partial charge in [-0.3, -0.25) is 4.98 Å². The molecule has 92 valence electrons. The van der Waals surface area contributed by atoms with E-state index in [4.69, 9.17) is 4.74 Å². The minimum absolute atomic E-state index is 0.266. The van der Waals surface area contributed by atoms with E-state index in [2.05, 4.69) is 34.6 Å². The van der Waals surface area contributed by atoms with Gasteiger partial charge in [-0.25, -0.2) is 0 Å². The van der Waals surface area contributed by atoms with Gasteiger partial charge in [-0.05, 0) is 47.4 Å². The Morgan fingerprint density at radius 2 is 2.06 bits per heavy atom. The van der Waals surface area contributed by atoms with Crippen molar-refractivity contribution in [3.8, 4) is 5.75 Å². The van der Waals surface area contributed by atoms with Crippen LogP contribution in [0, 0.1) is 0 Å². The highest BCUT2D eigenvalue weighted by Crippen LogP contribution is 2.30. The van der Waals surface area contributed by atoms with Crippen molar-refractivity contribution < 1.29 is 4.74 Å². The number of aromatic nitrogens is 1. The second kappa shape index (κ2) is 4.78. The summed E-state index contributed by atoms with van der Waals surface area (Å²) in [6.07, 6.45) is 4.73. The number of benzene rings is 1. The zero-order valence-corrected chi connectivity index (χ0v) is 10.4. The summed E-state index contributed by atoms with van der Waals surface area (Å²) < 4.78 is 5.29. The molecule has 3 nitrogen and oxygen atoms in total. The van der Waals surface area contributed by atoms with Gasteiger partial charge in [-0.2, -0.15) is 0 Å². The molecule has 1 aliphatic heterocycles. The molecule has 1 atom stereocenters. The van der Waals surface area contributed by atoms with E-state index in [0.717, 1.165) is 18.7 Å². The van der Waals surface area contributed by atoms with Crippen molar-refractivity contribution in [1.82, 2.24) is 10.3 Å². The minimum atomic E-state index is 0.266.